The van der Waals surface area contributed by atoms with Gasteiger partial charge in [-0.3, -0.25) is 4.79 Å². The first-order valence-electron chi connectivity index (χ1n) is 7.34. The predicted molar refractivity (Wildman–Crippen MR) is 78.6 cm³/mol. The number of benzene rings is 1. The summed E-state index contributed by atoms with van der Waals surface area (Å²) in [6.07, 6.45) is 2.58. The van der Waals surface area contributed by atoms with Crippen molar-refractivity contribution in [2.45, 2.75) is 38.3 Å². The van der Waals surface area contributed by atoms with E-state index in [1.165, 1.54) is 5.56 Å². The topological polar surface area (TPSA) is 55.6 Å². The first-order chi connectivity index (χ1) is 9.58. The standard InChI is InChI=1S/C16H22N2O2/c1-10-7-8-20-16(10)15(17)12-3-5-13-11(9-12)4-6-14(19)18(13)2/h3,5,9-10,15-16H,4,6-8,17H2,1-2H3. The molecule has 108 valence electrons. The van der Waals surface area contributed by atoms with Gasteiger partial charge in [0.15, 0.2) is 0 Å². The average Bonchev–Trinajstić information content (AvgIpc) is 2.88. The van der Waals surface area contributed by atoms with Gasteiger partial charge in [0.2, 0.25) is 5.91 Å². The maximum absolute atomic E-state index is 11.7. The molecule has 1 saturated heterocycles. The van der Waals surface area contributed by atoms with E-state index < -0.39 is 0 Å². The zero-order chi connectivity index (χ0) is 14.3. The van der Waals surface area contributed by atoms with Crippen LogP contribution >= 0.6 is 0 Å². The first kappa shape index (κ1) is 13.6. The molecule has 2 aliphatic heterocycles. The summed E-state index contributed by atoms with van der Waals surface area (Å²) >= 11 is 0. The maximum Gasteiger partial charge on any atom is 0.227 e. The van der Waals surface area contributed by atoms with Crippen molar-refractivity contribution in [1.82, 2.24) is 0 Å². The second-order valence-electron chi connectivity index (χ2n) is 5.97. The lowest BCUT2D eigenvalue weighted by atomic mass is 9.90. The molecular weight excluding hydrogens is 252 g/mol. The van der Waals surface area contributed by atoms with Gasteiger partial charge in [-0.1, -0.05) is 19.1 Å². The van der Waals surface area contributed by atoms with Crippen LogP contribution in [0.1, 0.15) is 36.9 Å². The molecule has 4 heteroatoms. The van der Waals surface area contributed by atoms with Crippen LogP contribution in [0.3, 0.4) is 0 Å². The molecule has 1 aromatic carbocycles. The van der Waals surface area contributed by atoms with Gasteiger partial charge in [0.1, 0.15) is 0 Å². The van der Waals surface area contributed by atoms with E-state index in [0.29, 0.717) is 12.3 Å². The van der Waals surface area contributed by atoms with E-state index in [1.54, 1.807) is 4.90 Å². The summed E-state index contributed by atoms with van der Waals surface area (Å²) in [6.45, 7) is 3.00. The minimum atomic E-state index is -0.0827. The molecule has 2 N–H and O–H groups in total. The Bertz CT molecular complexity index is 529. The number of hydrogen-bond donors (Lipinski definition) is 1. The van der Waals surface area contributed by atoms with E-state index in [-0.39, 0.29) is 18.1 Å². The molecule has 0 radical (unpaired) electrons. The van der Waals surface area contributed by atoms with Crippen LogP contribution in [0.2, 0.25) is 0 Å². The molecule has 3 atom stereocenters. The molecule has 0 bridgehead atoms. The van der Waals surface area contributed by atoms with Crippen molar-refractivity contribution in [2.75, 3.05) is 18.6 Å². The van der Waals surface area contributed by atoms with E-state index in [0.717, 1.165) is 30.7 Å². The largest absolute Gasteiger partial charge is 0.376 e. The number of nitrogens with zero attached hydrogens (tertiary/aromatic N) is 1. The third kappa shape index (κ3) is 2.23. The maximum atomic E-state index is 11.7. The SMILES string of the molecule is CC1CCOC1C(N)c1ccc2c(c1)CCC(=O)N2C. The normalized spacial score (nSPS) is 27.6. The predicted octanol–water partition coefficient (Wildman–Crippen LogP) is 2.02. The summed E-state index contributed by atoms with van der Waals surface area (Å²) in [4.78, 5) is 13.4. The van der Waals surface area contributed by atoms with Gasteiger partial charge in [-0.2, -0.15) is 0 Å². The van der Waals surface area contributed by atoms with Crippen molar-refractivity contribution in [3.8, 4) is 0 Å². The smallest absolute Gasteiger partial charge is 0.227 e. The molecule has 20 heavy (non-hydrogen) atoms. The number of carbonyl (C=O) groups excluding carboxylic acids is 1. The molecule has 0 aliphatic carbocycles. The highest BCUT2D eigenvalue weighted by molar-refractivity contribution is 5.95. The Balaban J connectivity index is 1.87. The van der Waals surface area contributed by atoms with Gasteiger partial charge in [0, 0.05) is 25.8 Å². The average molecular weight is 274 g/mol. The fraction of sp³-hybridized carbons (Fsp3) is 0.562. The fourth-order valence-corrected chi connectivity index (χ4v) is 3.25. The molecule has 1 aromatic rings. The van der Waals surface area contributed by atoms with Crippen LogP contribution in [0.25, 0.3) is 0 Å². The Morgan fingerprint density at radius 1 is 1.40 bits per heavy atom. The number of nitrogens with two attached hydrogens (primary N) is 1. The summed E-state index contributed by atoms with van der Waals surface area (Å²) in [6, 6.07) is 6.12. The molecule has 0 spiro atoms. The molecule has 0 saturated carbocycles. The van der Waals surface area contributed by atoms with Crippen molar-refractivity contribution >= 4 is 11.6 Å². The van der Waals surface area contributed by atoms with Crippen molar-refractivity contribution in [3.05, 3.63) is 29.3 Å². The van der Waals surface area contributed by atoms with Crippen LogP contribution in [-0.2, 0) is 16.0 Å². The minimum absolute atomic E-state index is 0.0827. The summed E-state index contributed by atoms with van der Waals surface area (Å²) in [5.41, 5.74) is 9.72. The monoisotopic (exact) mass is 274 g/mol. The number of ether oxygens (including phenoxy) is 1. The van der Waals surface area contributed by atoms with Crippen molar-refractivity contribution in [3.63, 3.8) is 0 Å². The van der Waals surface area contributed by atoms with Crippen LogP contribution < -0.4 is 10.6 Å². The van der Waals surface area contributed by atoms with Crippen LogP contribution in [-0.4, -0.2) is 25.7 Å². The molecule has 4 nitrogen and oxygen atoms in total. The van der Waals surface area contributed by atoms with Gasteiger partial charge in [0.25, 0.3) is 0 Å². The highest BCUT2D eigenvalue weighted by Gasteiger charge is 2.31. The van der Waals surface area contributed by atoms with E-state index in [9.17, 15) is 4.79 Å². The van der Waals surface area contributed by atoms with Crippen LogP contribution in [0.5, 0.6) is 0 Å². The lowest BCUT2D eigenvalue weighted by molar-refractivity contribution is -0.118. The highest BCUT2D eigenvalue weighted by atomic mass is 16.5. The number of aryl methyl sites for hydroxylation is 1. The lowest BCUT2D eigenvalue weighted by Gasteiger charge is -2.28. The van der Waals surface area contributed by atoms with E-state index in [1.807, 2.05) is 19.2 Å². The van der Waals surface area contributed by atoms with Gasteiger partial charge in [-0.15, -0.1) is 0 Å². The Morgan fingerprint density at radius 3 is 2.90 bits per heavy atom. The molecule has 0 aromatic heterocycles. The number of amides is 1. The molecule has 1 amide bonds. The van der Waals surface area contributed by atoms with Crippen molar-refractivity contribution in [1.29, 1.82) is 0 Å². The van der Waals surface area contributed by atoms with Gasteiger partial charge >= 0.3 is 0 Å². The second kappa shape index (κ2) is 5.19. The van der Waals surface area contributed by atoms with Crippen LogP contribution in [0.15, 0.2) is 18.2 Å². The highest BCUT2D eigenvalue weighted by Crippen LogP contribution is 2.33. The molecule has 3 rings (SSSR count). The van der Waals surface area contributed by atoms with Crippen LogP contribution in [0.4, 0.5) is 5.69 Å². The lowest BCUT2D eigenvalue weighted by Crippen LogP contribution is -2.32. The van der Waals surface area contributed by atoms with Crippen molar-refractivity contribution in [2.24, 2.45) is 11.7 Å². The molecule has 2 aliphatic rings. The minimum Gasteiger partial charge on any atom is -0.376 e. The van der Waals surface area contributed by atoms with Gasteiger partial charge in [0.05, 0.1) is 12.1 Å². The number of rotatable bonds is 2. The summed E-state index contributed by atoms with van der Waals surface area (Å²) < 4.78 is 5.77. The number of carbonyl (C=O) groups is 1. The fourth-order valence-electron chi connectivity index (χ4n) is 3.25. The number of anilines is 1. The Kier molecular flexibility index (Phi) is 3.52. The summed E-state index contributed by atoms with van der Waals surface area (Å²) in [7, 11) is 1.84. The van der Waals surface area contributed by atoms with Gasteiger partial charge in [-0.05, 0) is 36.0 Å². The molecular formula is C16H22N2O2. The molecule has 2 heterocycles. The van der Waals surface area contributed by atoms with Crippen LogP contribution in [0, 0.1) is 5.92 Å². The quantitative estimate of drug-likeness (QED) is 0.897. The molecule has 1 fully saturated rings. The second-order valence-corrected chi connectivity index (χ2v) is 5.97. The van der Waals surface area contributed by atoms with E-state index >= 15 is 0 Å². The molecule has 3 unspecified atom stereocenters. The third-order valence-electron chi connectivity index (χ3n) is 4.63. The zero-order valence-corrected chi connectivity index (χ0v) is 12.1. The summed E-state index contributed by atoms with van der Waals surface area (Å²) in [5.74, 6) is 0.688. The number of hydrogen-bond acceptors (Lipinski definition) is 3. The first-order valence-corrected chi connectivity index (χ1v) is 7.34. The van der Waals surface area contributed by atoms with E-state index in [4.69, 9.17) is 10.5 Å². The Hall–Kier alpha value is -1.39. The third-order valence-corrected chi connectivity index (χ3v) is 4.63. The van der Waals surface area contributed by atoms with Gasteiger partial charge in [-0.25, -0.2) is 0 Å². The van der Waals surface area contributed by atoms with Crippen molar-refractivity contribution < 1.29 is 9.53 Å². The van der Waals surface area contributed by atoms with Gasteiger partial charge < -0.3 is 15.4 Å². The number of fused-ring (bicyclic) bond motifs is 1. The zero-order valence-electron chi connectivity index (χ0n) is 12.1. The van der Waals surface area contributed by atoms with E-state index in [2.05, 4.69) is 13.0 Å². The summed E-state index contributed by atoms with van der Waals surface area (Å²) in [5, 5.41) is 0. The Morgan fingerprint density at radius 2 is 2.20 bits per heavy atom. The Labute approximate surface area is 119 Å².